The Morgan fingerprint density at radius 3 is 2.75 bits per heavy atom. The monoisotopic (exact) mass is 283 g/mol. The van der Waals surface area contributed by atoms with Crippen molar-refractivity contribution in [1.29, 1.82) is 0 Å². The second-order valence-corrected chi connectivity index (χ2v) is 5.37. The zero-order chi connectivity index (χ0) is 14.7. The molecule has 0 radical (unpaired) electrons. The van der Waals surface area contributed by atoms with Gasteiger partial charge in [-0.1, -0.05) is 0 Å². The Hall–Kier alpha value is -1.63. The number of nitrogens with zero attached hydrogens (tertiary/aromatic N) is 3. The summed E-state index contributed by atoms with van der Waals surface area (Å²) in [7, 11) is 1.55. The molecule has 0 spiro atoms. The van der Waals surface area contributed by atoms with E-state index in [9.17, 15) is 14.4 Å². The molecule has 2 aliphatic rings. The highest BCUT2D eigenvalue weighted by Crippen LogP contribution is 2.22. The lowest BCUT2D eigenvalue weighted by Gasteiger charge is -2.26. The molecule has 0 aromatic carbocycles. The summed E-state index contributed by atoms with van der Waals surface area (Å²) in [6, 6.07) is -0.283. The average molecular weight is 283 g/mol. The van der Waals surface area contributed by atoms with Crippen molar-refractivity contribution in [3.05, 3.63) is 0 Å². The molecule has 2 aliphatic heterocycles. The van der Waals surface area contributed by atoms with Gasteiger partial charge in [0.1, 0.15) is 13.1 Å². The predicted octanol–water partition coefficient (Wildman–Crippen LogP) is -0.356. The van der Waals surface area contributed by atoms with Gasteiger partial charge >= 0.3 is 6.03 Å². The minimum Gasteiger partial charge on any atom is -0.396 e. The first-order valence-electron chi connectivity index (χ1n) is 7.00. The third-order valence-corrected chi connectivity index (χ3v) is 3.92. The highest BCUT2D eigenvalue weighted by molar-refractivity contribution is 6.04. The lowest BCUT2D eigenvalue weighted by Crippen LogP contribution is -2.45. The SMILES string of the molecule is CN1CC(=O)N(CC(=O)N2CCCC2CCCO)C1=O. The lowest BCUT2D eigenvalue weighted by atomic mass is 10.1. The van der Waals surface area contributed by atoms with E-state index in [1.807, 2.05) is 0 Å². The normalized spacial score (nSPS) is 23.1. The van der Waals surface area contributed by atoms with Gasteiger partial charge in [0.15, 0.2) is 0 Å². The fourth-order valence-corrected chi connectivity index (χ4v) is 2.84. The van der Waals surface area contributed by atoms with Crippen molar-refractivity contribution in [3.8, 4) is 0 Å². The van der Waals surface area contributed by atoms with Crippen LogP contribution in [-0.4, -0.2) is 77.0 Å². The van der Waals surface area contributed by atoms with E-state index in [1.165, 1.54) is 4.90 Å². The predicted molar refractivity (Wildman–Crippen MR) is 70.8 cm³/mol. The van der Waals surface area contributed by atoms with Gasteiger partial charge < -0.3 is 14.9 Å². The Morgan fingerprint density at radius 2 is 2.15 bits per heavy atom. The van der Waals surface area contributed by atoms with E-state index in [2.05, 4.69) is 0 Å². The second kappa shape index (κ2) is 6.21. The summed E-state index contributed by atoms with van der Waals surface area (Å²) < 4.78 is 0. The molecule has 1 N–H and O–H groups in total. The summed E-state index contributed by atoms with van der Waals surface area (Å²) in [5.74, 6) is -0.501. The van der Waals surface area contributed by atoms with E-state index in [-0.39, 0.29) is 37.6 Å². The van der Waals surface area contributed by atoms with Crippen molar-refractivity contribution < 1.29 is 19.5 Å². The fraction of sp³-hybridized carbons (Fsp3) is 0.769. The summed E-state index contributed by atoms with van der Waals surface area (Å²) in [5, 5.41) is 8.87. The standard InChI is InChI=1S/C13H21N3O4/c1-14-8-11(18)16(13(14)20)9-12(19)15-6-2-4-10(15)5-3-7-17/h10,17H,2-9H2,1H3. The molecule has 7 heteroatoms. The summed E-state index contributed by atoms with van der Waals surface area (Å²) in [4.78, 5) is 39.7. The van der Waals surface area contributed by atoms with Gasteiger partial charge in [-0.05, 0) is 25.7 Å². The molecule has 0 bridgehead atoms. The van der Waals surface area contributed by atoms with Crippen molar-refractivity contribution in [1.82, 2.24) is 14.7 Å². The van der Waals surface area contributed by atoms with Crippen molar-refractivity contribution in [2.24, 2.45) is 0 Å². The van der Waals surface area contributed by atoms with Gasteiger partial charge in [-0.15, -0.1) is 0 Å². The molecule has 0 aromatic rings. The molecule has 4 amide bonds. The van der Waals surface area contributed by atoms with Crippen LogP contribution in [-0.2, 0) is 9.59 Å². The summed E-state index contributed by atoms with van der Waals surface area (Å²) in [5.41, 5.74) is 0. The van der Waals surface area contributed by atoms with Gasteiger partial charge in [-0.3, -0.25) is 14.5 Å². The second-order valence-electron chi connectivity index (χ2n) is 5.37. The molecule has 1 unspecified atom stereocenters. The van der Waals surface area contributed by atoms with Crippen molar-refractivity contribution >= 4 is 17.8 Å². The Labute approximate surface area is 118 Å². The van der Waals surface area contributed by atoms with E-state index in [0.29, 0.717) is 13.0 Å². The van der Waals surface area contributed by atoms with Gasteiger partial charge in [-0.25, -0.2) is 4.79 Å². The summed E-state index contributed by atoms with van der Waals surface area (Å²) >= 11 is 0. The van der Waals surface area contributed by atoms with Crippen LogP contribution in [0.4, 0.5) is 4.79 Å². The minimum atomic E-state index is -0.408. The highest BCUT2D eigenvalue weighted by atomic mass is 16.3. The third kappa shape index (κ3) is 2.92. The third-order valence-electron chi connectivity index (χ3n) is 3.92. The molecule has 0 aromatic heterocycles. The van der Waals surface area contributed by atoms with Gasteiger partial charge in [0, 0.05) is 26.2 Å². The fourth-order valence-electron chi connectivity index (χ4n) is 2.84. The number of urea groups is 1. The Morgan fingerprint density at radius 1 is 1.40 bits per heavy atom. The average Bonchev–Trinajstić information content (AvgIpc) is 2.97. The number of carbonyl (C=O) groups excluding carboxylic acids is 3. The van der Waals surface area contributed by atoms with E-state index in [1.54, 1.807) is 11.9 Å². The van der Waals surface area contributed by atoms with E-state index >= 15 is 0 Å². The van der Waals surface area contributed by atoms with Crippen LogP contribution in [0.25, 0.3) is 0 Å². The molecule has 20 heavy (non-hydrogen) atoms. The van der Waals surface area contributed by atoms with Gasteiger partial charge in [0.2, 0.25) is 5.91 Å². The quantitative estimate of drug-likeness (QED) is 0.699. The number of aliphatic hydroxyl groups is 1. The molecule has 2 rings (SSSR count). The Balaban J connectivity index is 1.94. The number of aliphatic hydroxyl groups excluding tert-OH is 1. The molecule has 2 heterocycles. The zero-order valence-corrected chi connectivity index (χ0v) is 11.7. The first-order valence-corrected chi connectivity index (χ1v) is 7.00. The van der Waals surface area contributed by atoms with Crippen LogP contribution in [0.1, 0.15) is 25.7 Å². The van der Waals surface area contributed by atoms with Gasteiger partial charge in [0.25, 0.3) is 5.91 Å². The lowest BCUT2D eigenvalue weighted by molar-refractivity contribution is -0.137. The molecule has 2 fully saturated rings. The molecule has 2 saturated heterocycles. The van der Waals surface area contributed by atoms with E-state index in [0.717, 1.165) is 24.2 Å². The maximum atomic E-state index is 12.3. The number of carbonyl (C=O) groups is 3. The number of rotatable bonds is 5. The van der Waals surface area contributed by atoms with Crippen molar-refractivity contribution in [3.63, 3.8) is 0 Å². The summed E-state index contributed by atoms with van der Waals surface area (Å²) in [6.07, 6.45) is 3.29. The van der Waals surface area contributed by atoms with Crippen molar-refractivity contribution in [2.45, 2.75) is 31.7 Å². The van der Waals surface area contributed by atoms with Gasteiger partial charge in [0.05, 0.1) is 0 Å². The maximum absolute atomic E-state index is 12.3. The first kappa shape index (κ1) is 14.8. The van der Waals surface area contributed by atoms with Crippen LogP contribution in [0.3, 0.4) is 0 Å². The smallest absolute Gasteiger partial charge is 0.327 e. The van der Waals surface area contributed by atoms with E-state index in [4.69, 9.17) is 5.11 Å². The largest absolute Gasteiger partial charge is 0.396 e. The maximum Gasteiger partial charge on any atom is 0.327 e. The Bertz CT molecular complexity index is 412. The number of likely N-dealkylation sites (tertiary alicyclic amines) is 1. The van der Waals surface area contributed by atoms with Crippen molar-refractivity contribution in [2.75, 3.05) is 33.3 Å². The minimum absolute atomic E-state index is 0.0417. The van der Waals surface area contributed by atoms with E-state index < -0.39 is 6.03 Å². The van der Waals surface area contributed by atoms with Gasteiger partial charge in [-0.2, -0.15) is 0 Å². The topological polar surface area (TPSA) is 81.2 Å². The van der Waals surface area contributed by atoms with Crippen LogP contribution >= 0.6 is 0 Å². The molecule has 0 saturated carbocycles. The number of hydrogen-bond acceptors (Lipinski definition) is 4. The highest BCUT2D eigenvalue weighted by Gasteiger charge is 2.37. The number of amides is 4. The van der Waals surface area contributed by atoms with Crippen LogP contribution in [0.2, 0.25) is 0 Å². The van der Waals surface area contributed by atoms with Crippen LogP contribution in [0, 0.1) is 0 Å². The molecule has 7 nitrogen and oxygen atoms in total. The number of likely N-dealkylation sites (N-methyl/N-ethyl adjacent to an activating group) is 1. The molecular formula is C13H21N3O4. The first-order chi connectivity index (χ1) is 9.54. The molecular weight excluding hydrogens is 262 g/mol. The number of imide groups is 1. The molecule has 1 atom stereocenters. The zero-order valence-electron chi connectivity index (χ0n) is 11.7. The van der Waals surface area contributed by atoms with Crippen LogP contribution in [0.15, 0.2) is 0 Å². The number of hydrogen-bond donors (Lipinski definition) is 1. The Kier molecular flexibility index (Phi) is 4.59. The molecule has 112 valence electrons. The van der Waals surface area contributed by atoms with Crippen LogP contribution < -0.4 is 0 Å². The molecule has 0 aliphatic carbocycles. The summed E-state index contributed by atoms with van der Waals surface area (Å²) in [6.45, 7) is 0.658. The van der Waals surface area contributed by atoms with Crippen LogP contribution in [0.5, 0.6) is 0 Å².